The predicted octanol–water partition coefficient (Wildman–Crippen LogP) is 7.16. The molecule has 0 unspecified atom stereocenters. The molecule has 7 rings (SSSR count). The number of anilines is 1. The molecule has 6 heteroatoms. The van der Waals surface area contributed by atoms with Crippen LogP contribution < -0.4 is 4.90 Å². The molecule has 4 aromatic carbocycles. The van der Waals surface area contributed by atoms with Crippen LogP contribution in [0.3, 0.4) is 0 Å². The highest BCUT2D eigenvalue weighted by atomic mass is 32.2. The fraction of sp³-hybridized carbons (Fsp3) is 0.265. The summed E-state index contributed by atoms with van der Waals surface area (Å²) in [5.41, 5.74) is 10.6. The zero-order chi connectivity index (χ0) is 27.2. The summed E-state index contributed by atoms with van der Waals surface area (Å²) >= 11 is 1.90. The number of thioether (sulfide) groups is 1. The number of benzene rings is 4. The van der Waals surface area contributed by atoms with Crippen LogP contribution in [0.25, 0.3) is 11.1 Å². The Balaban J connectivity index is 1.25. The summed E-state index contributed by atoms with van der Waals surface area (Å²) < 4.78 is 27.6. The van der Waals surface area contributed by atoms with Crippen LogP contribution in [0.4, 0.5) is 14.5 Å². The number of nitrogens with zero attached hydrogens (tertiary/aromatic N) is 3. The van der Waals surface area contributed by atoms with Crippen LogP contribution in [0.15, 0.2) is 77.7 Å². The van der Waals surface area contributed by atoms with Crippen molar-refractivity contribution < 1.29 is 8.78 Å². The van der Waals surface area contributed by atoms with E-state index in [0.717, 1.165) is 73.6 Å². The minimum atomic E-state index is -0.267. The monoisotopic (exact) mass is 549 g/mol. The zero-order valence-electron chi connectivity index (χ0n) is 22.2. The van der Waals surface area contributed by atoms with Crippen LogP contribution in [0.2, 0.25) is 0 Å². The molecular weight excluding hydrogens is 520 g/mol. The third-order valence-electron chi connectivity index (χ3n) is 8.64. The molecule has 0 N–H and O–H groups in total. The molecule has 1 aliphatic carbocycles. The van der Waals surface area contributed by atoms with Gasteiger partial charge in [-0.05, 0) is 76.9 Å². The van der Waals surface area contributed by atoms with Gasteiger partial charge in [-0.1, -0.05) is 48.5 Å². The number of piperazine rings is 1. The fourth-order valence-electron chi connectivity index (χ4n) is 6.81. The van der Waals surface area contributed by atoms with Crippen LogP contribution >= 0.6 is 11.8 Å². The van der Waals surface area contributed by atoms with Gasteiger partial charge in [0.25, 0.3) is 0 Å². The van der Waals surface area contributed by atoms with E-state index >= 15 is 0 Å². The molecule has 0 bridgehead atoms. The Bertz CT molecular complexity index is 1570. The molecule has 0 radical (unpaired) electrons. The molecule has 3 aliphatic rings. The molecule has 0 amide bonds. The molecule has 0 saturated carbocycles. The van der Waals surface area contributed by atoms with Crippen LogP contribution in [-0.4, -0.2) is 36.8 Å². The first kappa shape index (κ1) is 25.3. The molecule has 200 valence electrons. The van der Waals surface area contributed by atoms with Gasteiger partial charge < -0.3 is 4.90 Å². The van der Waals surface area contributed by atoms with E-state index in [-0.39, 0.29) is 17.7 Å². The van der Waals surface area contributed by atoms with Crippen molar-refractivity contribution in [3.63, 3.8) is 0 Å². The highest BCUT2D eigenvalue weighted by Crippen LogP contribution is 2.51. The summed E-state index contributed by atoms with van der Waals surface area (Å²) in [6, 6.07) is 24.6. The second-order valence-electron chi connectivity index (χ2n) is 10.8. The van der Waals surface area contributed by atoms with Gasteiger partial charge in [0.05, 0.1) is 17.3 Å². The van der Waals surface area contributed by atoms with E-state index in [1.54, 1.807) is 0 Å². The zero-order valence-corrected chi connectivity index (χ0v) is 23.0. The molecule has 0 atom stereocenters. The fourth-order valence-corrected chi connectivity index (χ4v) is 8.08. The Hall–Kier alpha value is -3.66. The van der Waals surface area contributed by atoms with Crippen LogP contribution in [0.5, 0.6) is 0 Å². The van der Waals surface area contributed by atoms with Crippen molar-refractivity contribution in [2.24, 2.45) is 0 Å². The number of rotatable bonds is 4. The van der Waals surface area contributed by atoms with Crippen molar-refractivity contribution in [2.75, 3.05) is 36.8 Å². The largest absolute Gasteiger partial charge is 0.368 e. The van der Waals surface area contributed by atoms with Crippen molar-refractivity contribution in [3.05, 3.63) is 118 Å². The van der Waals surface area contributed by atoms with E-state index in [9.17, 15) is 14.0 Å². The molecular formula is C34H29F2N3S. The number of nitriles is 1. The van der Waals surface area contributed by atoms with Gasteiger partial charge in [-0.15, -0.1) is 11.8 Å². The molecule has 3 nitrogen and oxygen atoms in total. The Morgan fingerprint density at radius 3 is 2.05 bits per heavy atom. The average molecular weight is 550 g/mol. The standard InChI is InChI=1S/C34H29F2N3S/c35-25-10-5-23(6-11-25)32(24-7-12-26(36)13-8-24)38-16-18-39(19-17-38)33-29-14-9-22-3-1-2-4-27(22)31(29)34-28(15-20-40-34)30(33)21-37/h1-8,10-13,32H,9,14-20H2. The molecule has 4 aromatic rings. The Labute approximate surface area is 238 Å². The van der Waals surface area contributed by atoms with Gasteiger partial charge in [0.1, 0.15) is 17.7 Å². The number of fused-ring (bicyclic) bond motifs is 5. The minimum Gasteiger partial charge on any atom is -0.368 e. The highest BCUT2D eigenvalue weighted by Gasteiger charge is 2.34. The third kappa shape index (κ3) is 4.29. The van der Waals surface area contributed by atoms with E-state index in [1.807, 2.05) is 36.0 Å². The lowest BCUT2D eigenvalue weighted by Gasteiger charge is -2.42. The first-order chi connectivity index (χ1) is 19.6. The molecule has 1 saturated heterocycles. The van der Waals surface area contributed by atoms with Crippen LogP contribution in [0.1, 0.15) is 39.4 Å². The van der Waals surface area contributed by atoms with E-state index < -0.39 is 0 Å². The summed E-state index contributed by atoms with van der Waals surface area (Å²) in [5, 5.41) is 10.4. The van der Waals surface area contributed by atoms with Crippen LogP contribution in [0, 0.1) is 23.0 Å². The minimum absolute atomic E-state index is 0.101. The molecule has 2 heterocycles. The van der Waals surface area contributed by atoms with Crippen molar-refractivity contribution >= 4 is 17.4 Å². The SMILES string of the molecule is N#Cc1c2c(c3c(c1N1CCN(C(c4ccc(F)cc4)c4ccc(F)cc4)CC1)CCc1ccccc1-3)SCC2. The number of hydrogen-bond acceptors (Lipinski definition) is 4. The van der Waals surface area contributed by atoms with E-state index in [1.165, 1.54) is 57.0 Å². The summed E-state index contributed by atoms with van der Waals surface area (Å²) in [6.07, 6.45) is 2.86. The number of halogens is 2. The number of hydrogen-bond donors (Lipinski definition) is 0. The third-order valence-corrected chi connectivity index (χ3v) is 9.78. The highest BCUT2D eigenvalue weighted by molar-refractivity contribution is 7.99. The maximum absolute atomic E-state index is 13.8. The summed E-state index contributed by atoms with van der Waals surface area (Å²) in [5.74, 6) is 0.487. The molecule has 0 spiro atoms. The Morgan fingerprint density at radius 1 is 0.750 bits per heavy atom. The second-order valence-corrected chi connectivity index (χ2v) is 11.9. The van der Waals surface area contributed by atoms with E-state index in [4.69, 9.17) is 0 Å². The molecule has 1 fully saturated rings. The van der Waals surface area contributed by atoms with Gasteiger partial charge in [-0.3, -0.25) is 4.90 Å². The van der Waals surface area contributed by atoms with E-state index in [2.05, 4.69) is 40.1 Å². The normalized spacial score (nSPS) is 16.4. The van der Waals surface area contributed by atoms with Gasteiger partial charge in [-0.25, -0.2) is 8.78 Å². The lowest BCUT2D eigenvalue weighted by atomic mass is 9.81. The quantitative estimate of drug-likeness (QED) is 0.270. The maximum atomic E-state index is 13.8. The van der Waals surface area contributed by atoms with Gasteiger partial charge in [0.15, 0.2) is 0 Å². The smallest absolute Gasteiger partial charge is 0.123 e. The van der Waals surface area contributed by atoms with Crippen molar-refractivity contribution in [2.45, 2.75) is 30.2 Å². The second kappa shape index (κ2) is 10.4. The first-order valence-corrected chi connectivity index (χ1v) is 14.9. The van der Waals surface area contributed by atoms with Crippen molar-refractivity contribution in [3.8, 4) is 17.2 Å². The maximum Gasteiger partial charge on any atom is 0.123 e. The summed E-state index contributed by atoms with van der Waals surface area (Å²) in [7, 11) is 0. The average Bonchev–Trinajstić information content (AvgIpc) is 3.48. The summed E-state index contributed by atoms with van der Waals surface area (Å²) in [4.78, 5) is 6.14. The summed E-state index contributed by atoms with van der Waals surface area (Å²) in [6.45, 7) is 3.13. The Morgan fingerprint density at radius 2 is 1.40 bits per heavy atom. The number of aryl methyl sites for hydroxylation is 1. The predicted molar refractivity (Wildman–Crippen MR) is 157 cm³/mol. The molecule has 40 heavy (non-hydrogen) atoms. The van der Waals surface area contributed by atoms with Gasteiger partial charge in [0, 0.05) is 42.4 Å². The lowest BCUT2D eigenvalue weighted by Crippen LogP contribution is -2.48. The molecule has 0 aromatic heterocycles. The topological polar surface area (TPSA) is 30.3 Å². The van der Waals surface area contributed by atoms with E-state index in [0.29, 0.717) is 0 Å². The van der Waals surface area contributed by atoms with Gasteiger partial charge in [0.2, 0.25) is 0 Å². The van der Waals surface area contributed by atoms with Gasteiger partial charge >= 0.3 is 0 Å². The van der Waals surface area contributed by atoms with Gasteiger partial charge in [-0.2, -0.15) is 5.26 Å². The Kier molecular flexibility index (Phi) is 6.57. The first-order valence-electron chi connectivity index (χ1n) is 13.9. The van der Waals surface area contributed by atoms with Crippen LogP contribution in [-0.2, 0) is 19.3 Å². The van der Waals surface area contributed by atoms with Crippen molar-refractivity contribution in [1.29, 1.82) is 5.26 Å². The lowest BCUT2D eigenvalue weighted by molar-refractivity contribution is 0.212. The van der Waals surface area contributed by atoms with Crippen molar-refractivity contribution in [1.82, 2.24) is 4.90 Å². The molecule has 2 aliphatic heterocycles.